The van der Waals surface area contributed by atoms with Gasteiger partial charge in [-0.25, -0.2) is 0 Å². The number of aromatic nitrogens is 4. The highest BCUT2D eigenvalue weighted by Crippen LogP contribution is 2.15. The summed E-state index contributed by atoms with van der Waals surface area (Å²) in [5.74, 6) is 1.02. The number of carbonyl (C=O) groups is 1. The van der Waals surface area contributed by atoms with E-state index in [0.717, 1.165) is 11.3 Å². The second kappa shape index (κ2) is 7.28. The van der Waals surface area contributed by atoms with E-state index in [2.05, 4.69) is 30.8 Å². The number of benzene rings is 1. The molecule has 3 aromatic rings. The first-order chi connectivity index (χ1) is 11.7. The lowest BCUT2D eigenvalue weighted by atomic mass is 10.1. The lowest BCUT2D eigenvalue weighted by molar-refractivity contribution is 0.101. The van der Waals surface area contributed by atoms with Crippen molar-refractivity contribution in [1.29, 1.82) is 0 Å². The Balaban J connectivity index is 1.65. The molecule has 0 aliphatic carbocycles. The Kier molecular flexibility index (Phi) is 4.71. The minimum atomic E-state index is 0.0294. The largest absolute Gasteiger partial charge is 0.365 e. The van der Waals surface area contributed by atoms with Gasteiger partial charge in [0.2, 0.25) is 5.95 Å². The Labute approximate surface area is 139 Å². The molecule has 1 aromatic carbocycles. The summed E-state index contributed by atoms with van der Waals surface area (Å²) in [6.45, 7) is 2.15. The van der Waals surface area contributed by atoms with Gasteiger partial charge in [0, 0.05) is 30.2 Å². The molecule has 0 fully saturated rings. The first kappa shape index (κ1) is 15.5. The van der Waals surface area contributed by atoms with Crippen LogP contribution >= 0.6 is 0 Å². The van der Waals surface area contributed by atoms with Crippen molar-refractivity contribution in [1.82, 2.24) is 20.2 Å². The highest BCUT2D eigenvalue weighted by molar-refractivity contribution is 5.94. The summed E-state index contributed by atoms with van der Waals surface area (Å²) < 4.78 is 0. The lowest BCUT2D eigenvalue weighted by Gasteiger charge is -2.08. The number of nitrogens with zero attached hydrogens (tertiary/aromatic N) is 4. The van der Waals surface area contributed by atoms with Crippen LogP contribution < -0.4 is 10.6 Å². The average molecular weight is 320 g/mol. The van der Waals surface area contributed by atoms with Crippen LogP contribution in [0.1, 0.15) is 22.8 Å². The van der Waals surface area contributed by atoms with Crippen LogP contribution in [-0.2, 0) is 6.54 Å². The van der Waals surface area contributed by atoms with Gasteiger partial charge in [0.15, 0.2) is 11.6 Å². The first-order valence-corrected chi connectivity index (χ1v) is 7.41. The number of ketones is 1. The molecule has 0 spiro atoms. The van der Waals surface area contributed by atoms with Crippen LogP contribution in [0.5, 0.6) is 0 Å². The highest BCUT2D eigenvalue weighted by Gasteiger charge is 2.03. The molecule has 0 saturated carbocycles. The Bertz CT molecular complexity index is 820. The number of anilines is 3. The molecule has 7 nitrogen and oxygen atoms in total. The predicted molar refractivity (Wildman–Crippen MR) is 91.1 cm³/mol. The maximum absolute atomic E-state index is 11.3. The molecule has 7 heteroatoms. The Morgan fingerprint density at radius 3 is 2.54 bits per heavy atom. The molecule has 24 heavy (non-hydrogen) atoms. The maximum Gasteiger partial charge on any atom is 0.249 e. The smallest absolute Gasteiger partial charge is 0.249 e. The third-order valence-corrected chi connectivity index (χ3v) is 3.33. The minimum Gasteiger partial charge on any atom is -0.365 e. The molecule has 2 aromatic heterocycles. The van der Waals surface area contributed by atoms with Crippen LogP contribution in [0.4, 0.5) is 17.5 Å². The van der Waals surface area contributed by atoms with E-state index < -0.39 is 0 Å². The third-order valence-electron chi connectivity index (χ3n) is 3.33. The molecule has 0 aliphatic rings. The van der Waals surface area contributed by atoms with Crippen molar-refractivity contribution in [2.75, 3.05) is 10.6 Å². The van der Waals surface area contributed by atoms with Gasteiger partial charge in [-0.15, -0.1) is 5.10 Å². The van der Waals surface area contributed by atoms with Crippen LogP contribution in [0, 0.1) is 0 Å². The van der Waals surface area contributed by atoms with Gasteiger partial charge >= 0.3 is 0 Å². The number of pyridine rings is 1. The minimum absolute atomic E-state index is 0.0294. The van der Waals surface area contributed by atoms with Crippen LogP contribution in [0.3, 0.4) is 0 Å². The van der Waals surface area contributed by atoms with Crippen molar-refractivity contribution < 1.29 is 4.79 Å². The zero-order valence-corrected chi connectivity index (χ0v) is 13.1. The summed E-state index contributed by atoms with van der Waals surface area (Å²) in [7, 11) is 0. The van der Waals surface area contributed by atoms with Gasteiger partial charge in [0.25, 0.3) is 0 Å². The fraction of sp³-hybridized carbons (Fsp3) is 0.118. The Morgan fingerprint density at radius 2 is 1.83 bits per heavy atom. The van der Waals surface area contributed by atoms with Crippen LogP contribution in [0.2, 0.25) is 0 Å². The SMILES string of the molecule is CC(=O)c1ccc(Nc2nncc(NCc3ccncc3)n2)cc1. The van der Waals surface area contributed by atoms with Crippen molar-refractivity contribution in [3.05, 3.63) is 66.1 Å². The summed E-state index contributed by atoms with van der Waals surface area (Å²) in [4.78, 5) is 19.6. The number of rotatable bonds is 6. The summed E-state index contributed by atoms with van der Waals surface area (Å²) in [6.07, 6.45) is 5.05. The molecule has 0 unspecified atom stereocenters. The monoisotopic (exact) mass is 320 g/mol. The molecule has 120 valence electrons. The molecule has 0 amide bonds. The molecular formula is C17H16N6O. The zero-order valence-electron chi connectivity index (χ0n) is 13.1. The Morgan fingerprint density at radius 1 is 1.08 bits per heavy atom. The number of carbonyl (C=O) groups excluding carboxylic acids is 1. The normalized spacial score (nSPS) is 10.2. The van der Waals surface area contributed by atoms with Crippen molar-refractivity contribution in [3.63, 3.8) is 0 Å². The molecule has 0 saturated heterocycles. The van der Waals surface area contributed by atoms with Crippen molar-refractivity contribution >= 4 is 23.2 Å². The average Bonchev–Trinajstić information content (AvgIpc) is 2.62. The van der Waals surface area contributed by atoms with Crippen molar-refractivity contribution in [2.24, 2.45) is 0 Å². The fourth-order valence-electron chi connectivity index (χ4n) is 2.05. The van der Waals surface area contributed by atoms with E-state index in [4.69, 9.17) is 0 Å². The van der Waals surface area contributed by atoms with E-state index in [1.54, 1.807) is 42.9 Å². The summed E-state index contributed by atoms with van der Waals surface area (Å²) in [5, 5.41) is 14.1. The number of hydrogen-bond donors (Lipinski definition) is 2. The van der Waals surface area contributed by atoms with Crippen LogP contribution in [0.25, 0.3) is 0 Å². The molecule has 3 rings (SSSR count). The molecule has 2 N–H and O–H groups in total. The number of nitrogens with one attached hydrogen (secondary N) is 2. The zero-order chi connectivity index (χ0) is 16.8. The van der Waals surface area contributed by atoms with Crippen LogP contribution in [0.15, 0.2) is 55.0 Å². The summed E-state index contributed by atoms with van der Waals surface area (Å²) in [6, 6.07) is 11.0. The van der Waals surface area contributed by atoms with Gasteiger partial charge in [0.05, 0.1) is 6.20 Å². The van der Waals surface area contributed by atoms with Gasteiger partial charge in [-0.3, -0.25) is 9.78 Å². The van der Waals surface area contributed by atoms with Gasteiger partial charge in [0.1, 0.15) is 0 Å². The number of Topliss-reactive ketones (excluding diaryl/α,β-unsaturated/α-hetero) is 1. The van der Waals surface area contributed by atoms with Gasteiger partial charge < -0.3 is 10.6 Å². The summed E-state index contributed by atoms with van der Waals surface area (Å²) >= 11 is 0. The van der Waals surface area contributed by atoms with E-state index in [-0.39, 0.29) is 5.78 Å². The quantitative estimate of drug-likeness (QED) is 0.675. The highest BCUT2D eigenvalue weighted by atomic mass is 16.1. The molecular weight excluding hydrogens is 304 g/mol. The van der Waals surface area contributed by atoms with Crippen molar-refractivity contribution in [2.45, 2.75) is 13.5 Å². The van der Waals surface area contributed by atoms with E-state index in [1.165, 1.54) is 6.92 Å². The maximum atomic E-state index is 11.3. The molecule has 0 bridgehead atoms. The van der Waals surface area contributed by atoms with Gasteiger partial charge in [-0.1, -0.05) is 0 Å². The fourth-order valence-corrected chi connectivity index (χ4v) is 2.05. The van der Waals surface area contributed by atoms with E-state index in [0.29, 0.717) is 23.9 Å². The Hall–Kier alpha value is -3.35. The molecule has 2 heterocycles. The second-order valence-electron chi connectivity index (χ2n) is 5.13. The number of hydrogen-bond acceptors (Lipinski definition) is 7. The molecule has 0 atom stereocenters. The second-order valence-corrected chi connectivity index (χ2v) is 5.13. The van der Waals surface area contributed by atoms with Gasteiger partial charge in [-0.05, 0) is 48.9 Å². The van der Waals surface area contributed by atoms with Crippen molar-refractivity contribution in [3.8, 4) is 0 Å². The third kappa shape index (κ3) is 4.10. The van der Waals surface area contributed by atoms with E-state index in [1.807, 2.05) is 12.1 Å². The predicted octanol–water partition coefficient (Wildman–Crippen LogP) is 2.82. The molecule has 0 radical (unpaired) electrons. The van der Waals surface area contributed by atoms with E-state index in [9.17, 15) is 4.79 Å². The lowest BCUT2D eigenvalue weighted by Crippen LogP contribution is -2.05. The first-order valence-electron chi connectivity index (χ1n) is 7.41. The molecule has 0 aliphatic heterocycles. The van der Waals surface area contributed by atoms with Crippen LogP contribution in [-0.4, -0.2) is 25.9 Å². The van der Waals surface area contributed by atoms with Gasteiger partial charge in [-0.2, -0.15) is 10.1 Å². The topological polar surface area (TPSA) is 92.7 Å². The standard InChI is InChI=1S/C17H16N6O/c1-12(24)14-2-4-15(5-3-14)21-17-22-16(11-20-23-17)19-10-13-6-8-18-9-7-13/h2-9,11H,10H2,1H3,(H2,19,21,22,23). The summed E-state index contributed by atoms with van der Waals surface area (Å²) in [5.41, 5.74) is 2.54. The van der Waals surface area contributed by atoms with E-state index >= 15 is 0 Å².